The smallest absolute Gasteiger partial charge is 0.328 e. The van der Waals surface area contributed by atoms with Gasteiger partial charge in [-0.2, -0.15) is 0 Å². The summed E-state index contributed by atoms with van der Waals surface area (Å²) in [4.78, 5) is 32.4. The number of benzene rings is 2. The highest BCUT2D eigenvalue weighted by Gasteiger charge is 2.30. The molecule has 1 amide bonds. The minimum absolute atomic E-state index is 0.00702. The van der Waals surface area contributed by atoms with Crippen molar-refractivity contribution >= 4 is 11.9 Å². The number of aliphatic hydroxyl groups is 2. The Labute approximate surface area is 188 Å². The molecule has 3 aromatic rings. The summed E-state index contributed by atoms with van der Waals surface area (Å²) in [6, 6.07) is 13.2. The number of aliphatic hydroxyl groups excluding tert-OH is 2. The molecule has 3 rings (SSSR count). The SMILES string of the molecule is CC(C)(NC(=O)c1cc([C@H](O)CO)nc(-c2ccc(Oc3ccc(F)cc3)cc2)n1)C(=O)O. The van der Waals surface area contributed by atoms with Gasteiger partial charge in [-0.15, -0.1) is 0 Å². The summed E-state index contributed by atoms with van der Waals surface area (Å²) in [6.07, 6.45) is -1.37. The van der Waals surface area contributed by atoms with Gasteiger partial charge in [0.1, 0.15) is 34.7 Å². The van der Waals surface area contributed by atoms with E-state index < -0.39 is 30.1 Å². The van der Waals surface area contributed by atoms with Crippen molar-refractivity contribution in [2.45, 2.75) is 25.5 Å². The number of ether oxygens (including phenoxy) is 1. The summed E-state index contributed by atoms with van der Waals surface area (Å²) in [6.45, 7) is 2.00. The lowest BCUT2D eigenvalue weighted by atomic mass is 10.1. The van der Waals surface area contributed by atoms with Gasteiger partial charge in [0.25, 0.3) is 5.91 Å². The average molecular weight is 455 g/mol. The zero-order valence-corrected chi connectivity index (χ0v) is 17.8. The molecule has 0 fully saturated rings. The van der Waals surface area contributed by atoms with Crippen LogP contribution in [0.4, 0.5) is 4.39 Å². The van der Waals surface area contributed by atoms with E-state index in [-0.39, 0.29) is 23.0 Å². The number of hydrogen-bond donors (Lipinski definition) is 4. The third-order valence-corrected chi connectivity index (χ3v) is 4.62. The normalized spacial score (nSPS) is 12.2. The van der Waals surface area contributed by atoms with Crippen LogP contribution in [0.15, 0.2) is 54.6 Å². The summed E-state index contributed by atoms with van der Waals surface area (Å²) in [5, 5.41) is 30.9. The number of nitrogens with one attached hydrogen (secondary N) is 1. The van der Waals surface area contributed by atoms with Gasteiger partial charge in [0.05, 0.1) is 12.3 Å². The number of hydrogen-bond acceptors (Lipinski definition) is 7. The Balaban J connectivity index is 1.91. The van der Waals surface area contributed by atoms with Crippen LogP contribution in [0.5, 0.6) is 11.5 Å². The minimum atomic E-state index is -1.56. The zero-order chi connectivity index (χ0) is 24.2. The van der Waals surface area contributed by atoms with Crippen molar-refractivity contribution in [3.8, 4) is 22.9 Å². The van der Waals surface area contributed by atoms with Gasteiger partial charge >= 0.3 is 5.97 Å². The van der Waals surface area contributed by atoms with Gasteiger partial charge in [-0.1, -0.05) is 0 Å². The highest BCUT2D eigenvalue weighted by Crippen LogP contribution is 2.25. The molecule has 33 heavy (non-hydrogen) atoms. The summed E-state index contributed by atoms with van der Waals surface area (Å²) < 4.78 is 18.7. The molecule has 0 aliphatic heterocycles. The maximum Gasteiger partial charge on any atom is 0.328 e. The standard InChI is InChI=1S/C23H22FN3O6/c1-23(2,22(31)32)27-21(30)18-11-17(19(29)12-28)25-20(26-18)13-3-7-15(8-4-13)33-16-9-5-14(24)6-10-16/h3-11,19,28-29H,12H2,1-2H3,(H,27,30)(H,31,32)/t19-/m1/s1. The lowest BCUT2D eigenvalue weighted by Crippen LogP contribution is -2.49. The molecule has 0 radical (unpaired) electrons. The Kier molecular flexibility index (Phi) is 7.00. The molecule has 10 heteroatoms. The van der Waals surface area contributed by atoms with E-state index in [4.69, 9.17) is 4.74 Å². The molecule has 0 saturated heterocycles. The van der Waals surface area contributed by atoms with E-state index in [1.807, 2.05) is 0 Å². The molecule has 0 aliphatic rings. The number of aliphatic carboxylic acids is 1. The number of halogens is 1. The summed E-state index contributed by atoms with van der Waals surface area (Å²) in [7, 11) is 0. The molecule has 2 aromatic carbocycles. The fraction of sp³-hybridized carbons (Fsp3) is 0.217. The Bertz CT molecular complexity index is 1150. The van der Waals surface area contributed by atoms with E-state index in [2.05, 4.69) is 15.3 Å². The molecule has 4 N–H and O–H groups in total. The summed E-state index contributed by atoms with van der Waals surface area (Å²) in [5.41, 5.74) is -1.27. The fourth-order valence-electron chi connectivity index (χ4n) is 2.69. The lowest BCUT2D eigenvalue weighted by Gasteiger charge is -2.21. The molecule has 0 bridgehead atoms. The van der Waals surface area contributed by atoms with Gasteiger partial charge in [-0.05, 0) is 68.4 Å². The van der Waals surface area contributed by atoms with Gasteiger partial charge < -0.3 is 25.4 Å². The lowest BCUT2D eigenvalue weighted by molar-refractivity contribution is -0.143. The minimum Gasteiger partial charge on any atom is -0.480 e. The first-order valence-corrected chi connectivity index (χ1v) is 9.86. The van der Waals surface area contributed by atoms with Crippen molar-refractivity contribution < 1.29 is 34.0 Å². The second kappa shape index (κ2) is 9.72. The number of carboxylic acids is 1. The van der Waals surface area contributed by atoms with Crippen molar-refractivity contribution in [3.63, 3.8) is 0 Å². The molecule has 0 unspecified atom stereocenters. The van der Waals surface area contributed by atoms with Crippen LogP contribution in [0.3, 0.4) is 0 Å². The largest absolute Gasteiger partial charge is 0.480 e. The predicted molar refractivity (Wildman–Crippen MR) is 115 cm³/mol. The van der Waals surface area contributed by atoms with Crippen LogP contribution in [0.2, 0.25) is 0 Å². The van der Waals surface area contributed by atoms with E-state index >= 15 is 0 Å². The van der Waals surface area contributed by atoms with Crippen LogP contribution < -0.4 is 10.1 Å². The number of amides is 1. The van der Waals surface area contributed by atoms with Gasteiger partial charge in [0.15, 0.2) is 5.82 Å². The van der Waals surface area contributed by atoms with Crippen molar-refractivity contribution in [2.75, 3.05) is 6.61 Å². The van der Waals surface area contributed by atoms with E-state index in [0.29, 0.717) is 17.1 Å². The first-order chi connectivity index (χ1) is 15.6. The van der Waals surface area contributed by atoms with E-state index in [1.54, 1.807) is 24.3 Å². The number of nitrogens with zero attached hydrogens (tertiary/aromatic N) is 2. The molecule has 9 nitrogen and oxygen atoms in total. The van der Waals surface area contributed by atoms with Crippen LogP contribution in [-0.4, -0.2) is 49.3 Å². The van der Waals surface area contributed by atoms with Crippen molar-refractivity contribution in [1.82, 2.24) is 15.3 Å². The van der Waals surface area contributed by atoms with Crippen LogP contribution >= 0.6 is 0 Å². The molecule has 0 saturated carbocycles. The van der Waals surface area contributed by atoms with Gasteiger partial charge in [-0.25, -0.2) is 19.2 Å². The fourth-order valence-corrected chi connectivity index (χ4v) is 2.69. The maximum absolute atomic E-state index is 13.0. The van der Waals surface area contributed by atoms with Crippen molar-refractivity contribution in [3.05, 3.63) is 71.8 Å². The van der Waals surface area contributed by atoms with Crippen LogP contribution in [-0.2, 0) is 4.79 Å². The number of rotatable bonds is 8. The topological polar surface area (TPSA) is 142 Å². The van der Waals surface area contributed by atoms with Crippen LogP contribution in [0, 0.1) is 5.82 Å². The molecule has 1 atom stereocenters. The third kappa shape index (κ3) is 5.88. The summed E-state index contributed by atoms with van der Waals surface area (Å²) in [5.74, 6) is -1.43. The number of carboxylic acid groups (broad SMARTS) is 1. The highest BCUT2D eigenvalue weighted by molar-refractivity contribution is 5.96. The first kappa shape index (κ1) is 23.8. The quantitative estimate of drug-likeness (QED) is 0.406. The average Bonchev–Trinajstić information content (AvgIpc) is 2.79. The number of carbonyl (C=O) groups is 2. The number of carbonyl (C=O) groups excluding carboxylic acids is 1. The Morgan fingerprint density at radius 2 is 1.64 bits per heavy atom. The van der Waals surface area contributed by atoms with Gasteiger partial charge in [0, 0.05) is 5.56 Å². The van der Waals surface area contributed by atoms with E-state index in [1.165, 1.54) is 44.2 Å². The molecular weight excluding hydrogens is 433 g/mol. The van der Waals surface area contributed by atoms with Crippen molar-refractivity contribution in [1.29, 1.82) is 0 Å². The second-order valence-electron chi connectivity index (χ2n) is 7.66. The van der Waals surface area contributed by atoms with Gasteiger partial charge in [-0.3, -0.25) is 4.79 Å². The first-order valence-electron chi connectivity index (χ1n) is 9.86. The Morgan fingerprint density at radius 1 is 1.06 bits per heavy atom. The van der Waals surface area contributed by atoms with Crippen LogP contribution in [0.1, 0.15) is 36.1 Å². The third-order valence-electron chi connectivity index (χ3n) is 4.62. The van der Waals surface area contributed by atoms with Crippen LogP contribution in [0.25, 0.3) is 11.4 Å². The molecule has 0 spiro atoms. The Hall–Kier alpha value is -3.89. The van der Waals surface area contributed by atoms with Crippen molar-refractivity contribution in [2.24, 2.45) is 0 Å². The summed E-state index contributed by atoms with van der Waals surface area (Å²) >= 11 is 0. The second-order valence-corrected chi connectivity index (χ2v) is 7.66. The number of aromatic nitrogens is 2. The van der Waals surface area contributed by atoms with E-state index in [0.717, 1.165) is 0 Å². The monoisotopic (exact) mass is 455 g/mol. The Morgan fingerprint density at radius 3 is 2.18 bits per heavy atom. The molecule has 1 aromatic heterocycles. The molecule has 1 heterocycles. The maximum atomic E-state index is 13.0. The molecule has 172 valence electrons. The molecule has 0 aliphatic carbocycles. The highest BCUT2D eigenvalue weighted by atomic mass is 19.1. The predicted octanol–water partition coefficient (Wildman–Crippen LogP) is 2.69. The van der Waals surface area contributed by atoms with Gasteiger partial charge in [0.2, 0.25) is 0 Å². The zero-order valence-electron chi connectivity index (χ0n) is 17.8. The molecular formula is C23H22FN3O6. The van der Waals surface area contributed by atoms with E-state index in [9.17, 15) is 29.3 Å².